The number of nitro benzene ring substituents is 1. The van der Waals surface area contributed by atoms with Crippen LogP contribution >= 0.6 is 27.7 Å². The van der Waals surface area contributed by atoms with Gasteiger partial charge in [0.2, 0.25) is 0 Å². The SMILES string of the molecule is O=C1S/C(=C/c2cc(Br)ccc2OCc2ccccc2F)C(=O)N1Cc1ccc([N+](=O)[O-])cc1. The van der Waals surface area contributed by atoms with Gasteiger partial charge >= 0.3 is 0 Å². The molecule has 1 aliphatic heterocycles. The molecule has 1 heterocycles. The molecule has 0 atom stereocenters. The quantitative estimate of drug-likeness (QED) is 0.197. The molecule has 34 heavy (non-hydrogen) atoms. The average molecular weight is 543 g/mol. The highest BCUT2D eigenvalue weighted by molar-refractivity contribution is 9.10. The molecular formula is C24H16BrFN2O5S. The first-order valence-corrected chi connectivity index (χ1v) is 11.6. The summed E-state index contributed by atoms with van der Waals surface area (Å²) in [5.41, 5.74) is 1.45. The second-order valence-corrected chi connectivity index (χ2v) is 9.16. The van der Waals surface area contributed by atoms with Crippen LogP contribution in [0.4, 0.5) is 14.9 Å². The zero-order valence-electron chi connectivity index (χ0n) is 17.4. The van der Waals surface area contributed by atoms with Crippen LogP contribution in [0.5, 0.6) is 5.75 Å². The van der Waals surface area contributed by atoms with Gasteiger partial charge in [0.25, 0.3) is 16.8 Å². The Bertz CT molecular complexity index is 1310. The molecule has 0 N–H and O–H groups in total. The number of nitro groups is 1. The summed E-state index contributed by atoms with van der Waals surface area (Å²) < 4.78 is 20.5. The Morgan fingerprint density at radius 1 is 1.09 bits per heavy atom. The van der Waals surface area contributed by atoms with Crippen LogP contribution in [0.3, 0.4) is 0 Å². The highest BCUT2D eigenvalue weighted by Crippen LogP contribution is 2.36. The Kier molecular flexibility index (Phi) is 7.09. The number of ether oxygens (including phenoxy) is 1. The molecule has 3 aromatic carbocycles. The van der Waals surface area contributed by atoms with Gasteiger partial charge in [-0.25, -0.2) is 4.39 Å². The van der Waals surface area contributed by atoms with Crippen molar-refractivity contribution in [2.24, 2.45) is 0 Å². The van der Waals surface area contributed by atoms with E-state index < -0.39 is 16.1 Å². The molecule has 1 aliphatic rings. The van der Waals surface area contributed by atoms with Gasteiger partial charge in [0, 0.05) is 27.7 Å². The molecule has 4 rings (SSSR count). The summed E-state index contributed by atoms with van der Waals surface area (Å²) in [6.07, 6.45) is 1.56. The molecule has 0 aromatic heterocycles. The molecule has 0 unspecified atom stereocenters. The zero-order valence-corrected chi connectivity index (χ0v) is 19.8. The number of carbonyl (C=O) groups is 2. The van der Waals surface area contributed by atoms with Crippen LogP contribution in [0.1, 0.15) is 16.7 Å². The summed E-state index contributed by atoms with van der Waals surface area (Å²) >= 11 is 4.19. The molecule has 10 heteroatoms. The number of halogens is 2. The molecule has 1 saturated heterocycles. The Hall–Kier alpha value is -3.50. The second-order valence-electron chi connectivity index (χ2n) is 7.25. The lowest BCUT2D eigenvalue weighted by Crippen LogP contribution is -2.27. The molecule has 0 aliphatic carbocycles. The number of benzene rings is 3. The van der Waals surface area contributed by atoms with E-state index in [2.05, 4.69) is 15.9 Å². The Morgan fingerprint density at radius 2 is 1.82 bits per heavy atom. The fourth-order valence-corrected chi connectivity index (χ4v) is 4.43. The summed E-state index contributed by atoms with van der Waals surface area (Å²) in [4.78, 5) is 37.0. The van der Waals surface area contributed by atoms with Crippen molar-refractivity contribution in [3.8, 4) is 5.75 Å². The van der Waals surface area contributed by atoms with Crippen LogP contribution in [0.2, 0.25) is 0 Å². The normalized spacial score (nSPS) is 14.6. The second kappa shape index (κ2) is 10.2. The smallest absolute Gasteiger partial charge is 0.293 e. The number of nitrogens with zero attached hydrogens (tertiary/aromatic N) is 2. The van der Waals surface area contributed by atoms with Gasteiger partial charge in [0.1, 0.15) is 18.2 Å². The van der Waals surface area contributed by atoms with Crippen molar-refractivity contribution >= 4 is 50.6 Å². The molecule has 1 fully saturated rings. The minimum atomic E-state index is -0.517. The van der Waals surface area contributed by atoms with Crippen molar-refractivity contribution in [2.75, 3.05) is 0 Å². The van der Waals surface area contributed by atoms with Crippen molar-refractivity contribution in [1.29, 1.82) is 0 Å². The third-order valence-electron chi connectivity index (χ3n) is 4.96. The number of imide groups is 1. The van der Waals surface area contributed by atoms with E-state index in [0.29, 0.717) is 22.4 Å². The maximum atomic E-state index is 13.9. The topological polar surface area (TPSA) is 89.8 Å². The van der Waals surface area contributed by atoms with E-state index in [-0.39, 0.29) is 29.6 Å². The summed E-state index contributed by atoms with van der Waals surface area (Å²) in [5, 5.41) is 10.4. The summed E-state index contributed by atoms with van der Waals surface area (Å²) in [7, 11) is 0. The first-order chi connectivity index (χ1) is 16.3. The lowest BCUT2D eigenvalue weighted by molar-refractivity contribution is -0.384. The third kappa shape index (κ3) is 5.35. The molecule has 0 spiro atoms. The highest BCUT2D eigenvalue weighted by Gasteiger charge is 2.35. The minimum Gasteiger partial charge on any atom is -0.488 e. The molecule has 2 amide bonds. The number of hydrogen-bond acceptors (Lipinski definition) is 6. The van der Waals surface area contributed by atoms with Crippen molar-refractivity contribution in [3.05, 3.63) is 109 Å². The number of carbonyl (C=O) groups excluding carboxylic acids is 2. The predicted molar refractivity (Wildman–Crippen MR) is 129 cm³/mol. The first-order valence-electron chi connectivity index (χ1n) is 9.96. The van der Waals surface area contributed by atoms with Gasteiger partial charge in [-0.15, -0.1) is 0 Å². The minimum absolute atomic E-state index is 0.00321. The van der Waals surface area contributed by atoms with Crippen LogP contribution in [0.25, 0.3) is 6.08 Å². The van der Waals surface area contributed by atoms with E-state index in [4.69, 9.17) is 4.74 Å². The van der Waals surface area contributed by atoms with Crippen molar-refractivity contribution in [2.45, 2.75) is 13.2 Å². The Labute approximate surface area is 206 Å². The average Bonchev–Trinajstić information content (AvgIpc) is 3.07. The van der Waals surface area contributed by atoms with Crippen LogP contribution in [-0.2, 0) is 17.9 Å². The first kappa shape index (κ1) is 23.7. The predicted octanol–water partition coefficient (Wildman–Crippen LogP) is 6.31. The van der Waals surface area contributed by atoms with Crippen LogP contribution in [0, 0.1) is 15.9 Å². The van der Waals surface area contributed by atoms with Crippen molar-refractivity contribution < 1.29 is 23.6 Å². The fraction of sp³-hybridized carbons (Fsp3) is 0.0833. The summed E-state index contributed by atoms with van der Waals surface area (Å²) in [5.74, 6) is -0.435. The van der Waals surface area contributed by atoms with E-state index >= 15 is 0 Å². The van der Waals surface area contributed by atoms with Gasteiger partial charge in [-0.2, -0.15) is 0 Å². The van der Waals surface area contributed by atoms with E-state index in [1.165, 1.54) is 30.3 Å². The molecule has 7 nitrogen and oxygen atoms in total. The molecule has 0 bridgehead atoms. The number of amides is 2. The van der Waals surface area contributed by atoms with Crippen LogP contribution in [0.15, 0.2) is 76.1 Å². The monoisotopic (exact) mass is 542 g/mol. The largest absolute Gasteiger partial charge is 0.488 e. The van der Waals surface area contributed by atoms with E-state index in [1.54, 1.807) is 42.5 Å². The van der Waals surface area contributed by atoms with Crippen molar-refractivity contribution in [1.82, 2.24) is 4.90 Å². The molecule has 3 aromatic rings. The molecular weight excluding hydrogens is 527 g/mol. The van der Waals surface area contributed by atoms with E-state index in [0.717, 1.165) is 21.1 Å². The number of hydrogen-bond donors (Lipinski definition) is 0. The summed E-state index contributed by atoms with van der Waals surface area (Å²) in [6, 6.07) is 17.1. The lowest BCUT2D eigenvalue weighted by atomic mass is 10.1. The molecule has 0 saturated carbocycles. The van der Waals surface area contributed by atoms with Crippen molar-refractivity contribution in [3.63, 3.8) is 0 Å². The lowest BCUT2D eigenvalue weighted by Gasteiger charge is -2.12. The van der Waals surface area contributed by atoms with Gasteiger partial charge in [-0.05, 0) is 47.7 Å². The van der Waals surface area contributed by atoms with Gasteiger partial charge < -0.3 is 4.74 Å². The third-order valence-corrected chi connectivity index (χ3v) is 6.36. The molecule has 172 valence electrons. The Balaban J connectivity index is 1.54. The zero-order chi connectivity index (χ0) is 24.2. The summed E-state index contributed by atoms with van der Waals surface area (Å²) in [6.45, 7) is -0.00804. The van der Waals surface area contributed by atoms with E-state index in [1.807, 2.05) is 0 Å². The van der Waals surface area contributed by atoms with Gasteiger partial charge in [-0.3, -0.25) is 24.6 Å². The van der Waals surface area contributed by atoms with Gasteiger partial charge in [-0.1, -0.05) is 46.3 Å². The molecule has 0 radical (unpaired) electrons. The maximum absolute atomic E-state index is 13.9. The number of non-ortho nitro benzene ring substituents is 1. The van der Waals surface area contributed by atoms with Crippen LogP contribution in [-0.4, -0.2) is 21.0 Å². The number of thioether (sulfide) groups is 1. The van der Waals surface area contributed by atoms with E-state index in [9.17, 15) is 24.1 Å². The Morgan fingerprint density at radius 3 is 2.53 bits per heavy atom. The van der Waals surface area contributed by atoms with Gasteiger partial charge in [0.15, 0.2) is 0 Å². The highest BCUT2D eigenvalue weighted by atomic mass is 79.9. The van der Waals surface area contributed by atoms with Gasteiger partial charge in [0.05, 0.1) is 16.4 Å². The van der Waals surface area contributed by atoms with Crippen LogP contribution < -0.4 is 4.74 Å². The standard InChI is InChI=1S/C24H16BrFN2O5S/c25-18-7-10-21(33-14-16-3-1-2-4-20(16)26)17(11-18)12-22-23(29)27(24(30)34-22)13-15-5-8-19(9-6-15)28(31)32/h1-12H,13-14H2/b22-12+. The fourth-order valence-electron chi connectivity index (χ4n) is 3.22. The maximum Gasteiger partial charge on any atom is 0.293 e. The number of rotatable bonds is 7.